The lowest BCUT2D eigenvalue weighted by atomic mass is 10.1. The van der Waals surface area contributed by atoms with Crippen molar-refractivity contribution < 1.29 is 4.79 Å². The number of piperidine rings is 1. The summed E-state index contributed by atoms with van der Waals surface area (Å²) >= 11 is 0. The van der Waals surface area contributed by atoms with E-state index in [4.69, 9.17) is 6.42 Å². The molecule has 6 nitrogen and oxygen atoms in total. The minimum absolute atomic E-state index is 0.0535. The third-order valence-electron chi connectivity index (χ3n) is 3.49. The molecule has 0 radical (unpaired) electrons. The molecular formula is C14H21N5O. The topological polar surface area (TPSA) is 62.2 Å². The van der Waals surface area contributed by atoms with Gasteiger partial charge in [0.15, 0.2) is 0 Å². The van der Waals surface area contributed by atoms with Gasteiger partial charge in [0.05, 0.1) is 18.4 Å². The van der Waals surface area contributed by atoms with Crippen molar-refractivity contribution in [1.29, 1.82) is 0 Å². The lowest BCUT2D eigenvalue weighted by Gasteiger charge is -2.31. The SMILES string of the molecule is C#CCN1CCC(Nc2cnn(CC(=O)NC)c2)CC1. The van der Waals surface area contributed by atoms with Crippen LogP contribution in [0.5, 0.6) is 0 Å². The van der Waals surface area contributed by atoms with Crippen molar-refractivity contribution in [3.05, 3.63) is 12.4 Å². The van der Waals surface area contributed by atoms with Crippen molar-refractivity contribution >= 4 is 11.6 Å². The average Bonchev–Trinajstić information content (AvgIpc) is 2.88. The molecule has 0 bridgehead atoms. The fourth-order valence-electron chi connectivity index (χ4n) is 2.35. The van der Waals surface area contributed by atoms with Gasteiger partial charge in [0.1, 0.15) is 6.54 Å². The molecule has 0 aromatic carbocycles. The second-order valence-electron chi connectivity index (χ2n) is 5.00. The van der Waals surface area contributed by atoms with E-state index in [1.165, 1.54) is 0 Å². The minimum atomic E-state index is -0.0535. The lowest BCUT2D eigenvalue weighted by molar-refractivity contribution is -0.121. The lowest BCUT2D eigenvalue weighted by Crippen LogP contribution is -2.39. The molecule has 0 aliphatic carbocycles. The molecule has 20 heavy (non-hydrogen) atoms. The van der Waals surface area contributed by atoms with E-state index < -0.39 is 0 Å². The summed E-state index contributed by atoms with van der Waals surface area (Å²) in [7, 11) is 1.62. The molecule has 0 atom stereocenters. The molecule has 2 N–H and O–H groups in total. The Kier molecular flexibility index (Phi) is 5.02. The van der Waals surface area contributed by atoms with Crippen molar-refractivity contribution in [1.82, 2.24) is 20.0 Å². The number of amides is 1. The number of aromatic nitrogens is 2. The van der Waals surface area contributed by atoms with Crippen LogP contribution in [0.15, 0.2) is 12.4 Å². The van der Waals surface area contributed by atoms with Crippen LogP contribution in [0.25, 0.3) is 0 Å². The third-order valence-corrected chi connectivity index (χ3v) is 3.49. The first kappa shape index (κ1) is 14.4. The minimum Gasteiger partial charge on any atom is -0.380 e. The van der Waals surface area contributed by atoms with Crippen LogP contribution in [-0.4, -0.2) is 53.3 Å². The maximum Gasteiger partial charge on any atom is 0.241 e. The third kappa shape index (κ3) is 4.00. The number of likely N-dealkylation sites (tertiary alicyclic amines) is 1. The molecule has 1 aromatic heterocycles. The van der Waals surface area contributed by atoms with Gasteiger partial charge in [-0.1, -0.05) is 5.92 Å². The number of anilines is 1. The van der Waals surface area contributed by atoms with Gasteiger partial charge < -0.3 is 10.6 Å². The van der Waals surface area contributed by atoms with E-state index in [1.807, 2.05) is 6.20 Å². The van der Waals surface area contributed by atoms with Gasteiger partial charge in [-0.15, -0.1) is 6.42 Å². The van der Waals surface area contributed by atoms with Gasteiger partial charge in [0.2, 0.25) is 5.91 Å². The molecule has 1 fully saturated rings. The highest BCUT2D eigenvalue weighted by Gasteiger charge is 2.18. The molecular weight excluding hydrogens is 254 g/mol. The molecule has 0 saturated carbocycles. The Morgan fingerprint density at radius 2 is 2.30 bits per heavy atom. The van der Waals surface area contributed by atoms with E-state index >= 15 is 0 Å². The number of carbonyl (C=O) groups excluding carboxylic acids is 1. The Hall–Kier alpha value is -2.00. The molecule has 0 spiro atoms. The quantitative estimate of drug-likeness (QED) is 0.750. The Bertz CT molecular complexity index is 482. The van der Waals surface area contributed by atoms with Crippen LogP contribution >= 0.6 is 0 Å². The van der Waals surface area contributed by atoms with Crippen LogP contribution in [0, 0.1) is 12.3 Å². The van der Waals surface area contributed by atoms with E-state index in [2.05, 4.69) is 26.6 Å². The summed E-state index contributed by atoms with van der Waals surface area (Å²) in [5, 5.41) is 10.2. The Morgan fingerprint density at radius 3 is 2.95 bits per heavy atom. The normalized spacial score (nSPS) is 16.6. The summed E-state index contributed by atoms with van der Waals surface area (Å²) in [6.07, 6.45) is 11.1. The van der Waals surface area contributed by atoms with Gasteiger partial charge in [0.25, 0.3) is 0 Å². The Balaban J connectivity index is 1.80. The molecule has 6 heteroatoms. The highest BCUT2D eigenvalue weighted by Crippen LogP contribution is 2.15. The molecule has 2 rings (SSSR count). The van der Waals surface area contributed by atoms with Gasteiger partial charge in [-0.05, 0) is 12.8 Å². The van der Waals surface area contributed by atoms with E-state index in [1.54, 1.807) is 17.9 Å². The maximum absolute atomic E-state index is 11.3. The van der Waals surface area contributed by atoms with Crippen molar-refractivity contribution in [2.24, 2.45) is 0 Å². The summed E-state index contributed by atoms with van der Waals surface area (Å²) in [5.41, 5.74) is 0.962. The fourth-order valence-corrected chi connectivity index (χ4v) is 2.35. The van der Waals surface area contributed by atoms with Gasteiger partial charge in [0, 0.05) is 32.4 Å². The van der Waals surface area contributed by atoms with Gasteiger partial charge >= 0.3 is 0 Å². The first-order valence-corrected chi connectivity index (χ1v) is 6.86. The van der Waals surface area contributed by atoms with Crippen LogP contribution in [0.4, 0.5) is 5.69 Å². The van der Waals surface area contributed by atoms with Gasteiger partial charge in [-0.25, -0.2) is 0 Å². The Morgan fingerprint density at radius 1 is 1.55 bits per heavy atom. The molecule has 108 valence electrons. The molecule has 1 saturated heterocycles. The fraction of sp³-hybridized carbons (Fsp3) is 0.571. The van der Waals surface area contributed by atoms with Crippen molar-refractivity contribution in [3.63, 3.8) is 0 Å². The zero-order valence-corrected chi connectivity index (χ0v) is 11.8. The first-order chi connectivity index (χ1) is 9.71. The van der Waals surface area contributed by atoms with Crippen molar-refractivity contribution in [2.75, 3.05) is 32.0 Å². The molecule has 1 aliphatic heterocycles. The van der Waals surface area contributed by atoms with E-state index in [0.29, 0.717) is 6.04 Å². The number of nitrogens with one attached hydrogen (secondary N) is 2. The van der Waals surface area contributed by atoms with Crippen LogP contribution in [0.2, 0.25) is 0 Å². The van der Waals surface area contributed by atoms with Gasteiger partial charge in [-0.3, -0.25) is 14.4 Å². The number of hydrogen-bond acceptors (Lipinski definition) is 4. The predicted molar refractivity (Wildman–Crippen MR) is 78.2 cm³/mol. The van der Waals surface area contributed by atoms with Crippen LogP contribution in [0.3, 0.4) is 0 Å². The number of nitrogens with zero attached hydrogens (tertiary/aromatic N) is 3. The molecule has 2 heterocycles. The second-order valence-corrected chi connectivity index (χ2v) is 5.00. The van der Waals surface area contributed by atoms with E-state index in [0.717, 1.165) is 38.2 Å². The zero-order chi connectivity index (χ0) is 14.4. The number of rotatable bonds is 5. The number of hydrogen-bond donors (Lipinski definition) is 2. The first-order valence-electron chi connectivity index (χ1n) is 6.86. The monoisotopic (exact) mass is 275 g/mol. The van der Waals surface area contributed by atoms with E-state index in [9.17, 15) is 4.79 Å². The summed E-state index contributed by atoms with van der Waals surface area (Å²) in [4.78, 5) is 13.5. The highest BCUT2D eigenvalue weighted by molar-refractivity contribution is 5.75. The highest BCUT2D eigenvalue weighted by atomic mass is 16.1. The predicted octanol–water partition coefficient (Wildman–Crippen LogP) is 0.139. The zero-order valence-electron chi connectivity index (χ0n) is 11.8. The smallest absolute Gasteiger partial charge is 0.241 e. The average molecular weight is 275 g/mol. The Labute approximate surface area is 119 Å². The summed E-state index contributed by atoms with van der Waals surface area (Å²) in [6.45, 7) is 3.03. The van der Waals surface area contributed by atoms with Crippen molar-refractivity contribution in [3.8, 4) is 12.3 Å². The molecule has 1 amide bonds. The largest absolute Gasteiger partial charge is 0.380 e. The summed E-state index contributed by atoms with van der Waals surface area (Å²) in [6, 6.07) is 0.446. The molecule has 1 aliphatic rings. The van der Waals surface area contributed by atoms with Crippen LogP contribution < -0.4 is 10.6 Å². The number of carbonyl (C=O) groups is 1. The van der Waals surface area contributed by atoms with Crippen molar-refractivity contribution in [2.45, 2.75) is 25.4 Å². The summed E-state index contributed by atoms with van der Waals surface area (Å²) in [5.74, 6) is 2.63. The standard InChI is InChI=1S/C14H21N5O/c1-3-6-18-7-4-12(5-8-18)17-13-9-16-19(10-13)11-14(20)15-2/h1,9-10,12,17H,4-8,11H2,2H3,(H,15,20). The van der Waals surface area contributed by atoms with Gasteiger partial charge in [-0.2, -0.15) is 5.10 Å². The number of likely N-dealkylation sites (N-methyl/N-ethyl adjacent to an activating group) is 1. The maximum atomic E-state index is 11.3. The number of terminal acetylenes is 1. The summed E-state index contributed by atoms with van der Waals surface area (Å²) < 4.78 is 1.63. The van der Waals surface area contributed by atoms with Crippen LogP contribution in [-0.2, 0) is 11.3 Å². The van der Waals surface area contributed by atoms with E-state index in [-0.39, 0.29) is 12.5 Å². The van der Waals surface area contributed by atoms with Crippen LogP contribution in [0.1, 0.15) is 12.8 Å². The molecule has 1 aromatic rings. The second kappa shape index (κ2) is 6.96. The molecule has 0 unspecified atom stereocenters.